The maximum Gasteiger partial charge on any atom is 0.231 e. The minimum Gasteiger partial charge on any atom is -0.454 e. The smallest absolute Gasteiger partial charge is 0.231 e. The fourth-order valence-electron chi connectivity index (χ4n) is 1.27. The van der Waals surface area contributed by atoms with Crippen molar-refractivity contribution in [2.75, 3.05) is 12.1 Å². The van der Waals surface area contributed by atoms with Gasteiger partial charge in [0, 0.05) is 11.8 Å². The Morgan fingerprint density at radius 1 is 1.43 bits per heavy atom. The summed E-state index contributed by atoms with van der Waals surface area (Å²) in [6, 6.07) is 7.41. The number of nitrogens with zero attached hydrogens (tertiary/aromatic N) is 1. The summed E-state index contributed by atoms with van der Waals surface area (Å²) in [4.78, 5) is 0. The summed E-state index contributed by atoms with van der Waals surface area (Å²) in [5, 5.41) is 11.6. The van der Waals surface area contributed by atoms with Crippen molar-refractivity contribution in [2.24, 2.45) is 0 Å². The first-order chi connectivity index (χ1) is 6.79. The number of nitrogens with one attached hydrogen (secondary N) is 1. The number of ether oxygens (including phenoxy) is 2. The largest absolute Gasteiger partial charge is 0.454 e. The predicted octanol–water partition coefficient (Wildman–Crippen LogP) is 1.74. The molecule has 1 aliphatic heterocycles. The van der Waals surface area contributed by atoms with E-state index in [0.29, 0.717) is 0 Å². The van der Waals surface area contributed by atoms with Crippen LogP contribution < -0.4 is 14.8 Å². The first-order valence-electron chi connectivity index (χ1n) is 4.35. The Labute approximate surface area is 82.1 Å². The maximum atomic E-state index is 8.62. The molecule has 2 rings (SSSR count). The molecule has 0 radical (unpaired) electrons. The molecule has 1 unspecified atom stereocenters. The molecule has 0 bridgehead atoms. The Hall–Kier alpha value is -1.89. The van der Waals surface area contributed by atoms with E-state index in [1.165, 1.54) is 0 Å². The van der Waals surface area contributed by atoms with Gasteiger partial charge in [-0.25, -0.2) is 0 Å². The van der Waals surface area contributed by atoms with Gasteiger partial charge in [-0.1, -0.05) is 0 Å². The molecule has 0 aromatic heterocycles. The van der Waals surface area contributed by atoms with Crippen LogP contribution in [0.2, 0.25) is 0 Å². The molecule has 1 heterocycles. The number of hydrogen-bond acceptors (Lipinski definition) is 4. The number of nitriles is 1. The van der Waals surface area contributed by atoms with Crippen LogP contribution in [0.25, 0.3) is 0 Å². The van der Waals surface area contributed by atoms with Gasteiger partial charge in [0.15, 0.2) is 11.5 Å². The van der Waals surface area contributed by atoms with Crippen LogP contribution in [0.1, 0.15) is 6.92 Å². The Morgan fingerprint density at radius 2 is 2.21 bits per heavy atom. The molecule has 4 heteroatoms. The van der Waals surface area contributed by atoms with E-state index in [9.17, 15) is 0 Å². The molecule has 0 aliphatic carbocycles. The molecular weight excluding hydrogens is 180 g/mol. The Balaban J connectivity index is 2.17. The molecular formula is C10H10N2O2. The van der Waals surface area contributed by atoms with Crippen molar-refractivity contribution in [1.82, 2.24) is 0 Å². The lowest BCUT2D eigenvalue weighted by Crippen LogP contribution is -2.11. The van der Waals surface area contributed by atoms with Crippen molar-refractivity contribution >= 4 is 5.69 Å². The molecule has 1 atom stereocenters. The average molecular weight is 190 g/mol. The molecule has 0 spiro atoms. The SMILES string of the molecule is CC(C#N)Nc1ccc2c(c1)OCO2. The Kier molecular flexibility index (Phi) is 2.15. The summed E-state index contributed by atoms with van der Waals surface area (Å²) in [6.07, 6.45) is 0. The van der Waals surface area contributed by atoms with E-state index in [2.05, 4.69) is 11.4 Å². The van der Waals surface area contributed by atoms with Gasteiger partial charge in [-0.3, -0.25) is 0 Å². The zero-order chi connectivity index (χ0) is 9.97. The number of fused-ring (bicyclic) bond motifs is 1. The summed E-state index contributed by atoms with van der Waals surface area (Å²) in [5.74, 6) is 1.47. The summed E-state index contributed by atoms with van der Waals surface area (Å²) in [5.41, 5.74) is 0.864. The highest BCUT2D eigenvalue weighted by Crippen LogP contribution is 2.34. The monoisotopic (exact) mass is 190 g/mol. The highest BCUT2D eigenvalue weighted by atomic mass is 16.7. The molecule has 0 fully saturated rings. The van der Waals surface area contributed by atoms with Crippen LogP contribution >= 0.6 is 0 Å². The van der Waals surface area contributed by atoms with E-state index in [1.54, 1.807) is 6.92 Å². The number of benzene rings is 1. The number of rotatable bonds is 2. The molecule has 1 aromatic carbocycles. The van der Waals surface area contributed by atoms with Crippen LogP contribution in [0, 0.1) is 11.3 Å². The lowest BCUT2D eigenvalue weighted by atomic mass is 10.2. The topological polar surface area (TPSA) is 54.3 Å². The zero-order valence-corrected chi connectivity index (χ0v) is 7.78. The summed E-state index contributed by atoms with van der Waals surface area (Å²) < 4.78 is 10.4. The highest BCUT2D eigenvalue weighted by Gasteiger charge is 2.13. The molecule has 1 aromatic rings. The lowest BCUT2D eigenvalue weighted by Gasteiger charge is -2.07. The van der Waals surface area contributed by atoms with Crippen LogP contribution in [0.3, 0.4) is 0 Å². The van der Waals surface area contributed by atoms with E-state index in [0.717, 1.165) is 17.2 Å². The molecule has 14 heavy (non-hydrogen) atoms. The van der Waals surface area contributed by atoms with Gasteiger partial charge in [-0.2, -0.15) is 5.26 Å². The number of anilines is 1. The van der Waals surface area contributed by atoms with Crippen molar-refractivity contribution in [2.45, 2.75) is 13.0 Å². The summed E-state index contributed by atoms with van der Waals surface area (Å²) in [7, 11) is 0. The molecule has 4 nitrogen and oxygen atoms in total. The third-order valence-corrected chi connectivity index (χ3v) is 1.95. The van der Waals surface area contributed by atoms with Gasteiger partial charge in [0.2, 0.25) is 6.79 Å². The van der Waals surface area contributed by atoms with Crippen molar-refractivity contribution in [3.8, 4) is 17.6 Å². The van der Waals surface area contributed by atoms with Gasteiger partial charge in [0.05, 0.1) is 6.07 Å². The van der Waals surface area contributed by atoms with Gasteiger partial charge in [0.1, 0.15) is 6.04 Å². The van der Waals surface area contributed by atoms with Crippen molar-refractivity contribution < 1.29 is 9.47 Å². The Bertz CT molecular complexity index is 384. The first-order valence-corrected chi connectivity index (χ1v) is 4.35. The fourth-order valence-corrected chi connectivity index (χ4v) is 1.27. The van der Waals surface area contributed by atoms with E-state index in [-0.39, 0.29) is 12.8 Å². The molecule has 72 valence electrons. The minimum atomic E-state index is -0.213. The van der Waals surface area contributed by atoms with Gasteiger partial charge in [-0.15, -0.1) is 0 Å². The Morgan fingerprint density at radius 3 is 3.00 bits per heavy atom. The molecule has 1 aliphatic rings. The second-order valence-electron chi connectivity index (χ2n) is 3.06. The zero-order valence-electron chi connectivity index (χ0n) is 7.78. The maximum absolute atomic E-state index is 8.62. The van der Waals surface area contributed by atoms with Crippen LogP contribution in [0.5, 0.6) is 11.5 Å². The van der Waals surface area contributed by atoms with Crippen molar-refractivity contribution in [3.05, 3.63) is 18.2 Å². The first kappa shape index (κ1) is 8.70. The molecule has 0 saturated carbocycles. The van der Waals surface area contributed by atoms with Gasteiger partial charge in [-0.05, 0) is 19.1 Å². The average Bonchev–Trinajstić information content (AvgIpc) is 2.64. The van der Waals surface area contributed by atoms with Gasteiger partial charge >= 0.3 is 0 Å². The van der Waals surface area contributed by atoms with Crippen molar-refractivity contribution in [3.63, 3.8) is 0 Å². The third kappa shape index (κ3) is 1.57. The predicted molar refractivity (Wildman–Crippen MR) is 51.3 cm³/mol. The summed E-state index contributed by atoms with van der Waals surface area (Å²) >= 11 is 0. The van der Waals surface area contributed by atoms with Crippen LogP contribution in [0.15, 0.2) is 18.2 Å². The quantitative estimate of drug-likeness (QED) is 0.771. The fraction of sp³-hybridized carbons (Fsp3) is 0.300. The summed E-state index contributed by atoms with van der Waals surface area (Å²) in [6.45, 7) is 2.07. The molecule has 1 N–H and O–H groups in total. The molecule has 0 amide bonds. The van der Waals surface area contributed by atoms with Crippen LogP contribution in [0.4, 0.5) is 5.69 Å². The second-order valence-corrected chi connectivity index (χ2v) is 3.06. The number of hydrogen-bond donors (Lipinski definition) is 1. The van der Waals surface area contributed by atoms with Crippen molar-refractivity contribution in [1.29, 1.82) is 5.26 Å². The molecule has 0 saturated heterocycles. The normalized spacial score (nSPS) is 14.6. The highest BCUT2D eigenvalue weighted by molar-refractivity contribution is 5.56. The van der Waals surface area contributed by atoms with Crippen LogP contribution in [-0.4, -0.2) is 12.8 Å². The lowest BCUT2D eigenvalue weighted by molar-refractivity contribution is 0.174. The third-order valence-electron chi connectivity index (χ3n) is 1.95. The van der Waals surface area contributed by atoms with E-state index in [4.69, 9.17) is 14.7 Å². The van der Waals surface area contributed by atoms with Gasteiger partial charge < -0.3 is 14.8 Å². The van der Waals surface area contributed by atoms with Crippen LogP contribution in [-0.2, 0) is 0 Å². The van der Waals surface area contributed by atoms with Gasteiger partial charge in [0.25, 0.3) is 0 Å². The standard InChI is InChI=1S/C10H10N2O2/c1-7(5-11)12-8-2-3-9-10(4-8)14-6-13-9/h2-4,7,12H,6H2,1H3. The minimum absolute atomic E-state index is 0.213. The van der Waals surface area contributed by atoms with E-state index in [1.807, 2.05) is 18.2 Å². The van der Waals surface area contributed by atoms with E-state index >= 15 is 0 Å². The second kappa shape index (κ2) is 3.46. The van der Waals surface area contributed by atoms with E-state index < -0.39 is 0 Å².